The molecule has 8 nitrogen and oxygen atoms in total. The summed E-state index contributed by atoms with van der Waals surface area (Å²) in [5.41, 5.74) is 5.64. The van der Waals surface area contributed by atoms with Crippen LogP contribution in [0.3, 0.4) is 0 Å². The molecule has 40 heavy (non-hydrogen) atoms. The van der Waals surface area contributed by atoms with Gasteiger partial charge in [-0.3, -0.25) is 14.5 Å². The molecule has 0 saturated carbocycles. The number of aryl methyl sites for hydroxylation is 1. The molecule has 2 aromatic carbocycles. The number of carbonyl (C=O) groups excluding carboxylic acids is 1. The third kappa shape index (κ3) is 6.58. The van der Waals surface area contributed by atoms with Gasteiger partial charge in [-0.1, -0.05) is 36.4 Å². The highest BCUT2D eigenvalue weighted by Gasteiger charge is 2.21. The van der Waals surface area contributed by atoms with E-state index in [0.717, 1.165) is 55.0 Å². The number of benzene rings is 2. The van der Waals surface area contributed by atoms with E-state index in [9.17, 15) is 9.59 Å². The van der Waals surface area contributed by atoms with Crippen molar-refractivity contribution >= 4 is 11.6 Å². The Morgan fingerprint density at radius 1 is 0.975 bits per heavy atom. The van der Waals surface area contributed by atoms with E-state index >= 15 is 0 Å². The second-order valence-electron chi connectivity index (χ2n) is 10.1. The molecule has 206 valence electrons. The first-order valence-corrected chi connectivity index (χ1v) is 13.6. The molecule has 1 aliphatic rings. The summed E-state index contributed by atoms with van der Waals surface area (Å²) in [4.78, 5) is 34.5. The predicted octanol–water partition coefficient (Wildman–Crippen LogP) is 4.42. The van der Waals surface area contributed by atoms with E-state index in [0.29, 0.717) is 24.5 Å². The van der Waals surface area contributed by atoms with Gasteiger partial charge in [0.15, 0.2) is 0 Å². The number of nitrogens with one attached hydrogen (secondary N) is 1. The third-order valence-electron chi connectivity index (χ3n) is 7.27. The van der Waals surface area contributed by atoms with Crippen LogP contribution >= 0.6 is 0 Å². The fourth-order valence-electron chi connectivity index (χ4n) is 5.01. The van der Waals surface area contributed by atoms with E-state index in [2.05, 4.69) is 57.7 Å². The van der Waals surface area contributed by atoms with E-state index in [1.54, 1.807) is 32.6 Å². The number of pyridine rings is 2. The maximum Gasteiger partial charge on any atom is 0.255 e. The lowest BCUT2D eigenvalue weighted by Crippen LogP contribution is -2.39. The van der Waals surface area contributed by atoms with Gasteiger partial charge in [0.2, 0.25) is 11.4 Å². The molecule has 1 amide bonds. The van der Waals surface area contributed by atoms with Crippen LogP contribution in [0.4, 0.5) is 5.69 Å². The highest BCUT2D eigenvalue weighted by Crippen LogP contribution is 2.28. The van der Waals surface area contributed by atoms with Gasteiger partial charge >= 0.3 is 0 Å². The van der Waals surface area contributed by atoms with Crippen LogP contribution in [0.2, 0.25) is 0 Å². The fourth-order valence-corrected chi connectivity index (χ4v) is 5.01. The lowest BCUT2D eigenvalue weighted by atomic mass is 10.0. The number of amides is 1. The van der Waals surface area contributed by atoms with E-state index in [1.807, 2.05) is 23.1 Å². The van der Waals surface area contributed by atoms with E-state index in [1.165, 1.54) is 16.2 Å². The molecule has 0 radical (unpaired) electrons. The largest absolute Gasteiger partial charge is 0.481 e. The van der Waals surface area contributed by atoms with Crippen molar-refractivity contribution in [1.82, 2.24) is 19.4 Å². The van der Waals surface area contributed by atoms with E-state index in [4.69, 9.17) is 4.74 Å². The zero-order valence-electron chi connectivity index (χ0n) is 23.0. The minimum absolute atomic E-state index is 0.100. The van der Waals surface area contributed by atoms with Gasteiger partial charge in [0, 0.05) is 82.1 Å². The van der Waals surface area contributed by atoms with Gasteiger partial charge in [-0.05, 0) is 47.4 Å². The molecular weight excluding hydrogens is 502 g/mol. The molecule has 8 heteroatoms. The Morgan fingerprint density at radius 3 is 2.55 bits per heavy atom. The number of ether oxygens (including phenoxy) is 1. The summed E-state index contributed by atoms with van der Waals surface area (Å²) < 4.78 is 6.67. The van der Waals surface area contributed by atoms with Gasteiger partial charge in [-0.15, -0.1) is 0 Å². The quantitative estimate of drug-likeness (QED) is 0.406. The number of hydrogen-bond donors (Lipinski definition) is 1. The number of carbonyl (C=O) groups is 1. The number of hydrogen-bond acceptors (Lipinski definition) is 6. The first-order valence-electron chi connectivity index (χ1n) is 13.6. The average Bonchev–Trinajstić information content (AvgIpc) is 3.02. The molecule has 1 aliphatic heterocycles. The van der Waals surface area contributed by atoms with Crippen molar-refractivity contribution in [2.45, 2.75) is 19.5 Å². The summed E-state index contributed by atoms with van der Waals surface area (Å²) in [6, 6.07) is 23.6. The molecular formula is C32H35N5O3. The minimum atomic E-state index is -0.143. The van der Waals surface area contributed by atoms with Crippen LogP contribution in [-0.4, -0.2) is 58.5 Å². The minimum Gasteiger partial charge on any atom is -0.481 e. The van der Waals surface area contributed by atoms with Crippen LogP contribution in [-0.2, 0) is 20.1 Å². The van der Waals surface area contributed by atoms with Gasteiger partial charge in [-0.25, -0.2) is 4.98 Å². The van der Waals surface area contributed by atoms with Gasteiger partial charge in [0.25, 0.3) is 5.91 Å². The highest BCUT2D eigenvalue weighted by molar-refractivity contribution is 5.94. The Bertz CT molecular complexity index is 1500. The molecule has 0 fully saturated rings. The van der Waals surface area contributed by atoms with Crippen molar-refractivity contribution < 1.29 is 9.53 Å². The molecule has 0 bridgehead atoms. The second kappa shape index (κ2) is 12.6. The van der Waals surface area contributed by atoms with Crippen molar-refractivity contribution in [3.63, 3.8) is 0 Å². The fraction of sp³-hybridized carbons (Fsp3) is 0.281. The zero-order chi connectivity index (χ0) is 27.9. The van der Waals surface area contributed by atoms with E-state index < -0.39 is 0 Å². The molecule has 4 aromatic rings. The lowest BCUT2D eigenvalue weighted by molar-refractivity contribution is 0.0719. The number of fused-ring (bicyclic) bond motifs is 1. The van der Waals surface area contributed by atoms with Crippen molar-refractivity contribution in [1.29, 1.82) is 0 Å². The van der Waals surface area contributed by atoms with Crippen LogP contribution in [0, 0.1) is 0 Å². The SMILES string of the molecule is COc1ccc(-c2ccc3c(c2)CN(C(=O)c2ccc(=O)n(C)c2)CCN(Cc2ccccc2)CCCN3)cn1. The van der Waals surface area contributed by atoms with Gasteiger partial charge < -0.3 is 19.5 Å². The number of methoxy groups -OCH3 is 1. The molecule has 0 saturated heterocycles. The summed E-state index contributed by atoms with van der Waals surface area (Å²) in [5.74, 6) is 0.465. The summed E-state index contributed by atoms with van der Waals surface area (Å²) in [6.45, 7) is 4.29. The predicted molar refractivity (Wildman–Crippen MR) is 157 cm³/mol. The smallest absolute Gasteiger partial charge is 0.255 e. The van der Waals surface area contributed by atoms with Crippen LogP contribution in [0.1, 0.15) is 27.9 Å². The number of rotatable bonds is 5. The van der Waals surface area contributed by atoms with Crippen molar-refractivity contribution in [2.75, 3.05) is 38.6 Å². The van der Waals surface area contributed by atoms with Crippen molar-refractivity contribution in [3.8, 4) is 17.0 Å². The summed E-state index contributed by atoms with van der Waals surface area (Å²) in [6.07, 6.45) is 4.40. The Morgan fingerprint density at radius 2 is 1.80 bits per heavy atom. The van der Waals surface area contributed by atoms with E-state index in [-0.39, 0.29) is 11.5 Å². The first-order chi connectivity index (χ1) is 19.5. The normalized spacial score (nSPS) is 14.5. The maximum atomic E-state index is 13.9. The van der Waals surface area contributed by atoms with Crippen molar-refractivity contribution in [3.05, 3.63) is 112 Å². The second-order valence-corrected chi connectivity index (χ2v) is 10.1. The first kappa shape index (κ1) is 27.1. The summed E-state index contributed by atoms with van der Waals surface area (Å²) >= 11 is 0. The van der Waals surface area contributed by atoms with Gasteiger partial charge in [0.05, 0.1) is 12.7 Å². The molecule has 0 aliphatic carbocycles. The molecule has 0 atom stereocenters. The van der Waals surface area contributed by atoms with Crippen LogP contribution < -0.4 is 15.6 Å². The van der Waals surface area contributed by atoms with Crippen LogP contribution in [0.5, 0.6) is 5.88 Å². The molecule has 2 aromatic heterocycles. The molecule has 5 rings (SSSR count). The third-order valence-corrected chi connectivity index (χ3v) is 7.27. The van der Waals surface area contributed by atoms with Gasteiger partial charge in [0.1, 0.15) is 0 Å². The lowest BCUT2D eigenvalue weighted by Gasteiger charge is -2.28. The Balaban J connectivity index is 1.47. The molecule has 3 heterocycles. The zero-order valence-corrected chi connectivity index (χ0v) is 23.0. The van der Waals surface area contributed by atoms with Crippen LogP contribution in [0.25, 0.3) is 11.1 Å². The number of aromatic nitrogens is 2. The average molecular weight is 538 g/mol. The topological polar surface area (TPSA) is 79.7 Å². The summed E-state index contributed by atoms with van der Waals surface area (Å²) in [5, 5.41) is 3.61. The number of nitrogens with zero attached hydrogens (tertiary/aromatic N) is 4. The highest BCUT2D eigenvalue weighted by atomic mass is 16.5. The summed E-state index contributed by atoms with van der Waals surface area (Å²) in [7, 11) is 3.27. The molecule has 0 spiro atoms. The molecule has 1 N–H and O–H groups in total. The molecule has 0 unspecified atom stereocenters. The monoisotopic (exact) mass is 537 g/mol. The maximum absolute atomic E-state index is 13.9. The Hall–Kier alpha value is -4.43. The van der Waals surface area contributed by atoms with Crippen molar-refractivity contribution in [2.24, 2.45) is 7.05 Å². The van der Waals surface area contributed by atoms with Crippen LogP contribution in [0.15, 0.2) is 90.0 Å². The Labute approximate surface area is 234 Å². The standard InChI is InChI=1S/C32H35N5O3/c1-35-22-27(11-14-31(35)38)32(39)37-18-17-36(21-24-7-4-3-5-8-24)16-6-15-33-29-12-9-25(19-28(29)23-37)26-10-13-30(40-2)34-20-26/h3-5,7-14,19-20,22,33H,6,15-18,21,23H2,1-2H3. The van der Waals surface area contributed by atoms with Gasteiger partial charge in [-0.2, -0.15) is 0 Å². The Kier molecular flexibility index (Phi) is 8.56. The number of anilines is 1.